The average molecular weight is 192 g/mol. The lowest BCUT2D eigenvalue weighted by atomic mass is 9.79. The molecule has 6 heteroatoms. The summed E-state index contributed by atoms with van der Waals surface area (Å²) in [6.07, 6.45) is 0. The van der Waals surface area contributed by atoms with Crippen molar-refractivity contribution >= 4 is 18.1 Å². The Morgan fingerprint density at radius 3 is 2.15 bits per heavy atom. The van der Waals surface area contributed by atoms with E-state index in [1.807, 2.05) is 0 Å². The van der Waals surface area contributed by atoms with Crippen molar-refractivity contribution in [3.8, 4) is 0 Å². The van der Waals surface area contributed by atoms with Crippen LogP contribution in [0.5, 0.6) is 0 Å². The van der Waals surface area contributed by atoms with Gasteiger partial charge in [0.2, 0.25) is 0 Å². The van der Waals surface area contributed by atoms with Gasteiger partial charge in [0.1, 0.15) is 5.82 Å². The molecule has 72 valence electrons. The van der Waals surface area contributed by atoms with E-state index in [0.29, 0.717) is 6.07 Å². The number of rotatable bonds is 1. The van der Waals surface area contributed by atoms with Crippen LogP contribution in [0.2, 0.25) is 0 Å². The summed E-state index contributed by atoms with van der Waals surface area (Å²) in [6, 6.07) is 1.26. The van der Waals surface area contributed by atoms with E-state index < -0.39 is 18.3 Å². The van der Waals surface area contributed by atoms with E-state index in [0.717, 1.165) is 6.07 Å². The monoisotopic (exact) mass is 192 g/mol. The van der Waals surface area contributed by atoms with E-state index in [4.69, 9.17) is 5.73 Å². The van der Waals surface area contributed by atoms with Crippen LogP contribution in [0.15, 0.2) is 12.1 Å². The fourth-order valence-corrected chi connectivity index (χ4v) is 0.971. The van der Waals surface area contributed by atoms with Crippen molar-refractivity contribution < 1.29 is 17.3 Å². The highest BCUT2D eigenvalue weighted by Crippen LogP contribution is 2.17. The summed E-state index contributed by atoms with van der Waals surface area (Å²) in [4.78, 5) is 0. The highest BCUT2D eigenvalue weighted by Gasteiger charge is 2.26. The van der Waals surface area contributed by atoms with Gasteiger partial charge in [0.15, 0.2) is 0 Å². The van der Waals surface area contributed by atoms with Crippen LogP contribution < -0.4 is 11.2 Å². The number of hydrogen-bond acceptors (Lipinski definition) is 1. The van der Waals surface area contributed by atoms with E-state index in [-0.39, 0.29) is 11.3 Å². The van der Waals surface area contributed by atoms with Gasteiger partial charge in [0, 0.05) is 0 Å². The number of anilines is 1. The number of benzene rings is 1. The second-order valence-electron chi connectivity index (χ2n) is 2.81. The molecule has 2 N–H and O–H groups in total. The molecule has 0 aliphatic carbocycles. The van der Waals surface area contributed by atoms with Gasteiger partial charge >= 0.3 is 6.98 Å². The molecule has 0 radical (unpaired) electrons. The molecule has 0 saturated carbocycles. The average Bonchev–Trinajstić information content (AvgIpc) is 1.97. The highest BCUT2D eigenvalue weighted by atomic mass is 19.4. The van der Waals surface area contributed by atoms with Crippen molar-refractivity contribution in [2.24, 2.45) is 0 Å². The summed E-state index contributed by atoms with van der Waals surface area (Å²) in [6.45, 7) is -3.82. The molecular formula is C7H7BF4N-. The minimum absolute atomic E-state index is 0.106. The summed E-state index contributed by atoms with van der Waals surface area (Å²) in [5, 5.41) is 0. The molecule has 0 bridgehead atoms. The molecule has 13 heavy (non-hydrogen) atoms. The fourth-order valence-electron chi connectivity index (χ4n) is 0.971. The van der Waals surface area contributed by atoms with Gasteiger partial charge in [-0.2, -0.15) is 0 Å². The van der Waals surface area contributed by atoms with Crippen molar-refractivity contribution in [1.29, 1.82) is 0 Å². The van der Waals surface area contributed by atoms with Gasteiger partial charge in [0.05, 0.1) is 5.69 Å². The Balaban J connectivity index is 3.29. The zero-order valence-electron chi connectivity index (χ0n) is 6.82. The first-order valence-electron chi connectivity index (χ1n) is 3.58. The Hall–Kier alpha value is -1.20. The summed E-state index contributed by atoms with van der Waals surface area (Å²) < 4.78 is 49.2. The SMILES string of the molecule is Cc1cc([B-](F)(F)F)cc(F)c1N. The van der Waals surface area contributed by atoms with Crippen LogP contribution in [0.3, 0.4) is 0 Å². The first kappa shape index (κ1) is 9.89. The normalized spacial score (nSPS) is 11.8. The second kappa shape index (κ2) is 2.94. The largest absolute Gasteiger partial charge is 0.509 e. The molecule has 1 aromatic carbocycles. The molecule has 0 unspecified atom stereocenters. The molecule has 0 atom stereocenters. The molecule has 1 nitrogen and oxygen atoms in total. The van der Waals surface area contributed by atoms with Crippen LogP contribution in [0, 0.1) is 12.7 Å². The van der Waals surface area contributed by atoms with Crippen LogP contribution >= 0.6 is 0 Å². The fraction of sp³-hybridized carbons (Fsp3) is 0.143. The molecular weight excluding hydrogens is 185 g/mol. The van der Waals surface area contributed by atoms with Crippen LogP contribution in [-0.2, 0) is 0 Å². The highest BCUT2D eigenvalue weighted by molar-refractivity contribution is 6.73. The molecule has 0 saturated heterocycles. The maximum atomic E-state index is 12.8. The third-order valence-corrected chi connectivity index (χ3v) is 1.74. The Morgan fingerprint density at radius 2 is 1.77 bits per heavy atom. The number of nitrogen functional groups attached to an aromatic ring is 1. The summed E-state index contributed by atoms with van der Waals surface area (Å²) in [5.41, 5.74) is 4.08. The van der Waals surface area contributed by atoms with Gasteiger partial charge in [0.25, 0.3) is 0 Å². The van der Waals surface area contributed by atoms with Gasteiger partial charge in [-0.15, -0.1) is 5.46 Å². The Bertz CT molecular complexity index is 311. The van der Waals surface area contributed by atoms with Crippen LogP contribution in [0.25, 0.3) is 0 Å². The van der Waals surface area contributed by atoms with E-state index in [9.17, 15) is 17.3 Å². The third-order valence-electron chi connectivity index (χ3n) is 1.74. The lowest BCUT2D eigenvalue weighted by Gasteiger charge is -2.16. The van der Waals surface area contributed by atoms with E-state index in [2.05, 4.69) is 0 Å². The zero-order valence-corrected chi connectivity index (χ0v) is 6.82. The Labute approximate surface area is 72.6 Å². The van der Waals surface area contributed by atoms with Crippen molar-refractivity contribution in [2.45, 2.75) is 6.92 Å². The minimum atomic E-state index is -5.15. The Kier molecular flexibility index (Phi) is 2.23. The summed E-state index contributed by atoms with van der Waals surface area (Å²) >= 11 is 0. The first-order valence-corrected chi connectivity index (χ1v) is 3.58. The summed E-state index contributed by atoms with van der Waals surface area (Å²) in [5.74, 6) is -1.02. The molecule has 0 fully saturated rings. The maximum absolute atomic E-state index is 12.8. The number of halogens is 4. The smallest absolute Gasteiger partial charge is 0.445 e. The predicted octanol–water partition coefficient (Wildman–Crippen LogP) is 1.77. The molecule has 0 aliphatic rings. The van der Waals surface area contributed by atoms with Crippen molar-refractivity contribution in [2.75, 3.05) is 5.73 Å². The molecule has 0 aromatic heterocycles. The molecule has 0 amide bonds. The number of hydrogen-bond donors (Lipinski definition) is 1. The molecule has 0 heterocycles. The van der Waals surface area contributed by atoms with Gasteiger partial charge in [-0.3, -0.25) is 0 Å². The standard InChI is InChI=1S/C7H7BF4N/c1-4-2-5(8(10,11)12)3-6(9)7(4)13/h2-3H,13H2,1H3/q-1. The zero-order chi connectivity index (χ0) is 10.2. The molecule has 1 rings (SSSR count). The second-order valence-corrected chi connectivity index (χ2v) is 2.81. The first-order chi connectivity index (χ1) is 5.82. The van der Waals surface area contributed by atoms with Crippen LogP contribution in [-0.4, -0.2) is 6.98 Å². The summed E-state index contributed by atoms with van der Waals surface area (Å²) in [7, 11) is 0. The predicted molar refractivity (Wildman–Crippen MR) is 44.3 cm³/mol. The van der Waals surface area contributed by atoms with E-state index >= 15 is 0 Å². The van der Waals surface area contributed by atoms with Crippen LogP contribution in [0.4, 0.5) is 23.0 Å². The minimum Gasteiger partial charge on any atom is -0.445 e. The van der Waals surface area contributed by atoms with Crippen LogP contribution in [0.1, 0.15) is 5.56 Å². The van der Waals surface area contributed by atoms with Crippen molar-refractivity contribution in [3.05, 3.63) is 23.5 Å². The molecule has 0 spiro atoms. The third kappa shape index (κ3) is 1.94. The van der Waals surface area contributed by atoms with Gasteiger partial charge in [-0.25, -0.2) is 4.39 Å². The van der Waals surface area contributed by atoms with Gasteiger partial charge in [-0.1, -0.05) is 12.1 Å². The van der Waals surface area contributed by atoms with Crippen molar-refractivity contribution in [1.82, 2.24) is 0 Å². The molecule has 0 aliphatic heterocycles. The topological polar surface area (TPSA) is 26.0 Å². The maximum Gasteiger partial charge on any atom is 0.509 e. The van der Waals surface area contributed by atoms with E-state index in [1.54, 1.807) is 0 Å². The van der Waals surface area contributed by atoms with Gasteiger partial charge in [-0.05, 0) is 12.5 Å². The lowest BCUT2D eigenvalue weighted by Crippen LogP contribution is -2.34. The van der Waals surface area contributed by atoms with Gasteiger partial charge < -0.3 is 18.7 Å². The Morgan fingerprint density at radius 1 is 1.23 bits per heavy atom. The lowest BCUT2D eigenvalue weighted by molar-refractivity contribution is 0.500. The van der Waals surface area contributed by atoms with E-state index in [1.165, 1.54) is 6.92 Å². The number of aryl methyl sites for hydroxylation is 1. The quantitative estimate of drug-likeness (QED) is 0.409. The molecule has 1 aromatic rings. The number of nitrogens with two attached hydrogens (primary N) is 1. The van der Waals surface area contributed by atoms with Crippen molar-refractivity contribution in [3.63, 3.8) is 0 Å².